The summed E-state index contributed by atoms with van der Waals surface area (Å²) < 4.78 is 7.75. The molecule has 0 N–H and O–H groups in total. The van der Waals surface area contributed by atoms with Crippen molar-refractivity contribution in [2.45, 2.75) is 13.1 Å². The summed E-state index contributed by atoms with van der Waals surface area (Å²) in [7, 11) is 0. The zero-order chi connectivity index (χ0) is 16.4. The molecule has 0 amide bonds. The molecule has 124 valence electrons. The third-order valence-corrected chi connectivity index (χ3v) is 4.68. The molecule has 0 saturated carbocycles. The molecule has 0 radical (unpaired) electrons. The Morgan fingerprint density at radius 3 is 2.58 bits per heavy atom. The summed E-state index contributed by atoms with van der Waals surface area (Å²) in [6.45, 7) is 5.15. The number of fused-ring (bicyclic) bond motifs is 1. The second-order valence-corrected chi connectivity index (χ2v) is 6.56. The molecule has 0 unspecified atom stereocenters. The number of nitrogens with zero attached hydrogens (tertiary/aromatic N) is 3. The number of rotatable bonds is 4. The van der Waals surface area contributed by atoms with Crippen molar-refractivity contribution in [2.24, 2.45) is 0 Å². The highest BCUT2D eigenvalue weighted by Gasteiger charge is 2.17. The van der Waals surface area contributed by atoms with Crippen LogP contribution in [0, 0.1) is 0 Å². The predicted octanol–water partition coefficient (Wildman–Crippen LogP) is 3.57. The highest BCUT2D eigenvalue weighted by atomic mass is 35.5. The second kappa shape index (κ2) is 6.93. The van der Waals surface area contributed by atoms with Crippen LogP contribution < -0.4 is 0 Å². The Morgan fingerprint density at radius 1 is 1.00 bits per heavy atom. The van der Waals surface area contributed by atoms with Crippen molar-refractivity contribution in [1.29, 1.82) is 0 Å². The molecule has 1 saturated heterocycles. The fraction of sp³-hybridized carbons (Fsp3) is 0.316. The number of hydrogen-bond donors (Lipinski definition) is 0. The number of imidazole rings is 1. The van der Waals surface area contributed by atoms with Crippen LogP contribution in [-0.2, 0) is 17.8 Å². The van der Waals surface area contributed by atoms with Gasteiger partial charge >= 0.3 is 0 Å². The number of morpholine rings is 1. The Kier molecular flexibility index (Phi) is 4.52. The van der Waals surface area contributed by atoms with Crippen molar-refractivity contribution in [2.75, 3.05) is 26.3 Å². The molecule has 1 aliphatic rings. The Labute approximate surface area is 146 Å². The van der Waals surface area contributed by atoms with E-state index in [1.165, 1.54) is 5.56 Å². The number of aromatic nitrogens is 2. The van der Waals surface area contributed by atoms with Crippen molar-refractivity contribution in [3.05, 3.63) is 64.9 Å². The number of halogens is 1. The first-order chi connectivity index (χ1) is 11.8. The molecule has 2 aromatic carbocycles. The number of ether oxygens (including phenoxy) is 1. The lowest BCUT2D eigenvalue weighted by Gasteiger charge is -2.26. The van der Waals surface area contributed by atoms with E-state index in [0.717, 1.165) is 61.3 Å². The van der Waals surface area contributed by atoms with Gasteiger partial charge in [0.1, 0.15) is 5.82 Å². The van der Waals surface area contributed by atoms with Crippen molar-refractivity contribution in [3.63, 3.8) is 0 Å². The van der Waals surface area contributed by atoms with E-state index in [1.54, 1.807) is 0 Å². The normalized spacial score (nSPS) is 15.9. The fourth-order valence-corrected chi connectivity index (χ4v) is 3.34. The average molecular weight is 342 g/mol. The van der Waals surface area contributed by atoms with E-state index >= 15 is 0 Å². The van der Waals surface area contributed by atoms with Crippen LogP contribution in [0.4, 0.5) is 0 Å². The summed E-state index contributed by atoms with van der Waals surface area (Å²) in [4.78, 5) is 7.26. The van der Waals surface area contributed by atoms with E-state index < -0.39 is 0 Å². The van der Waals surface area contributed by atoms with Crippen molar-refractivity contribution in [1.82, 2.24) is 14.5 Å². The lowest BCUT2D eigenvalue weighted by atomic mass is 10.2. The van der Waals surface area contributed by atoms with Gasteiger partial charge in [-0.15, -0.1) is 0 Å². The molecule has 0 bridgehead atoms. The molecular weight excluding hydrogens is 322 g/mol. The van der Waals surface area contributed by atoms with Crippen molar-refractivity contribution >= 4 is 22.6 Å². The van der Waals surface area contributed by atoms with Gasteiger partial charge in [0.15, 0.2) is 0 Å². The number of hydrogen-bond acceptors (Lipinski definition) is 3. The molecule has 0 atom stereocenters. The quantitative estimate of drug-likeness (QED) is 0.726. The first-order valence-corrected chi connectivity index (χ1v) is 8.66. The van der Waals surface area contributed by atoms with E-state index in [-0.39, 0.29) is 0 Å². The van der Waals surface area contributed by atoms with Crippen LogP contribution in [0.3, 0.4) is 0 Å². The van der Waals surface area contributed by atoms with E-state index in [2.05, 4.69) is 39.8 Å². The van der Waals surface area contributed by atoms with Gasteiger partial charge in [0.2, 0.25) is 0 Å². The lowest BCUT2D eigenvalue weighted by Crippen LogP contribution is -2.36. The molecule has 1 aromatic heterocycles. The third kappa shape index (κ3) is 3.31. The molecular formula is C19H20ClN3O. The first kappa shape index (κ1) is 15.6. The van der Waals surface area contributed by atoms with Crippen LogP contribution in [0.5, 0.6) is 0 Å². The van der Waals surface area contributed by atoms with E-state index in [4.69, 9.17) is 21.3 Å². The Bertz CT molecular complexity index is 825. The fourth-order valence-electron chi connectivity index (χ4n) is 3.18. The van der Waals surface area contributed by atoms with Crippen LogP contribution >= 0.6 is 11.6 Å². The smallest absolute Gasteiger partial charge is 0.124 e. The Hall–Kier alpha value is -1.88. The Morgan fingerprint density at radius 2 is 1.79 bits per heavy atom. The molecule has 2 heterocycles. The summed E-state index contributed by atoms with van der Waals surface area (Å²) in [5, 5.41) is 0.727. The predicted molar refractivity (Wildman–Crippen MR) is 96.4 cm³/mol. The maximum atomic E-state index is 6.16. The van der Waals surface area contributed by atoms with Crippen LogP contribution in [0.15, 0.2) is 48.5 Å². The van der Waals surface area contributed by atoms with Crippen molar-refractivity contribution < 1.29 is 4.74 Å². The number of benzene rings is 2. The molecule has 24 heavy (non-hydrogen) atoms. The van der Waals surface area contributed by atoms with E-state index in [1.807, 2.05) is 18.2 Å². The molecule has 3 aromatic rings. The van der Waals surface area contributed by atoms with Gasteiger partial charge in [-0.2, -0.15) is 0 Å². The van der Waals surface area contributed by atoms with Crippen LogP contribution in [0.2, 0.25) is 5.02 Å². The largest absolute Gasteiger partial charge is 0.379 e. The van der Waals surface area contributed by atoms with Crippen LogP contribution in [0.25, 0.3) is 11.0 Å². The van der Waals surface area contributed by atoms with E-state index in [9.17, 15) is 0 Å². The minimum absolute atomic E-state index is 0.727. The molecule has 4 rings (SSSR count). The molecule has 0 spiro atoms. The van der Waals surface area contributed by atoms with Gasteiger partial charge in [-0.3, -0.25) is 4.90 Å². The van der Waals surface area contributed by atoms with Gasteiger partial charge in [-0.25, -0.2) is 4.98 Å². The second-order valence-electron chi connectivity index (χ2n) is 6.12. The summed E-state index contributed by atoms with van der Waals surface area (Å²) in [5.74, 6) is 1.08. The maximum Gasteiger partial charge on any atom is 0.124 e. The minimum Gasteiger partial charge on any atom is -0.379 e. The highest BCUT2D eigenvalue weighted by molar-refractivity contribution is 6.31. The summed E-state index contributed by atoms with van der Waals surface area (Å²) >= 11 is 6.16. The van der Waals surface area contributed by atoms with Crippen molar-refractivity contribution in [3.8, 4) is 0 Å². The first-order valence-electron chi connectivity index (χ1n) is 8.28. The molecule has 1 fully saturated rings. The molecule has 5 heteroatoms. The summed E-state index contributed by atoms with van der Waals surface area (Å²) in [6, 6.07) is 16.5. The highest BCUT2D eigenvalue weighted by Crippen LogP contribution is 2.23. The zero-order valence-electron chi connectivity index (χ0n) is 13.5. The average Bonchev–Trinajstić information content (AvgIpc) is 2.93. The topological polar surface area (TPSA) is 30.3 Å². The van der Waals surface area contributed by atoms with Gasteiger partial charge in [0.05, 0.1) is 30.8 Å². The minimum atomic E-state index is 0.727. The van der Waals surface area contributed by atoms with Crippen LogP contribution in [-0.4, -0.2) is 40.8 Å². The molecule has 4 nitrogen and oxygen atoms in total. The Balaban J connectivity index is 1.71. The standard InChI is InChI=1S/C19H20ClN3O/c20-16-6-7-18-17(12-16)21-19(14-22-8-10-24-11-9-22)23(18)13-15-4-2-1-3-5-15/h1-7,12H,8-11,13-14H2. The monoisotopic (exact) mass is 341 g/mol. The molecule has 1 aliphatic heterocycles. The van der Waals surface area contributed by atoms with Gasteiger partial charge in [0, 0.05) is 24.7 Å². The zero-order valence-corrected chi connectivity index (χ0v) is 14.2. The van der Waals surface area contributed by atoms with Crippen LogP contribution in [0.1, 0.15) is 11.4 Å². The third-order valence-electron chi connectivity index (χ3n) is 4.44. The van der Waals surface area contributed by atoms with Gasteiger partial charge in [-0.1, -0.05) is 41.9 Å². The summed E-state index contributed by atoms with van der Waals surface area (Å²) in [5.41, 5.74) is 3.36. The van der Waals surface area contributed by atoms with E-state index in [0.29, 0.717) is 0 Å². The molecule has 0 aliphatic carbocycles. The lowest BCUT2D eigenvalue weighted by molar-refractivity contribution is 0.0327. The van der Waals surface area contributed by atoms with Gasteiger partial charge in [0.25, 0.3) is 0 Å². The SMILES string of the molecule is Clc1ccc2c(c1)nc(CN1CCOCC1)n2Cc1ccccc1. The van der Waals surface area contributed by atoms with Gasteiger partial charge in [-0.05, 0) is 23.8 Å². The maximum absolute atomic E-state index is 6.16. The summed E-state index contributed by atoms with van der Waals surface area (Å²) in [6.07, 6.45) is 0. The van der Waals surface area contributed by atoms with Gasteiger partial charge < -0.3 is 9.30 Å².